The Kier molecular flexibility index (Phi) is 5.19. The molecule has 0 saturated carbocycles. The summed E-state index contributed by atoms with van der Waals surface area (Å²) in [6.45, 7) is 5.22. The highest BCUT2D eigenvalue weighted by molar-refractivity contribution is 5.98. The first-order chi connectivity index (χ1) is 15.1. The van der Waals surface area contributed by atoms with E-state index < -0.39 is 0 Å². The zero-order valence-electron chi connectivity index (χ0n) is 17.5. The lowest BCUT2D eigenvalue weighted by Crippen LogP contribution is -2.36. The van der Waals surface area contributed by atoms with E-state index in [1.165, 1.54) is 0 Å². The Labute approximate surface area is 180 Å². The highest BCUT2D eigenvalue weighted by Crippen LogP contribution is 2.32. The summed E-state index contributed by atoms with van der Waals surface area (Å²) >= 11 is 0. The predicted molar refractivity (Wildman–Crippen MR) is 116 cm³/mol. The third kappa shape index (κ3) is 4.05. The van der Waals surface area contributed by atoms with Gasteiger partial charge >= 0.3 is 0 Å². The topological polar surface area (TPSA) is 73.1 Å². The maximum atomic E-state index is 13.0. The number of rotatable bonds is 4. The maximum Gasteiger partial charge on any atom is 0.258 e. The number of aryl methyl sites for hydroxylation is 1. The molecular formula is C24H25N3O4. The fraction of sp³-hybridized carbons (Fsp3) is 0.375. The summed E-state index contributed by atoms with van der Waals surface area (Å²) in [6.07, 6.45) is 3.39. The molecule has 5 rings (SSSR count). The zero-order valence-corrected chi connectivity index (χ0v) is 17.5. The van der Waals surface area contributed by atoms with Crippen LogP contribution in [0.4, 0.5) is 0 Å². The van der Waals surface area contributed by atoms with Crippen LogP contribution in [-0.2, 0) is 6.54 Å². The summed E-state index contributed by atoms with van der Waals surface area (Å²) in [5, 5.41) is 0. The number of ketones is 1. The molecule has 0 bridgehead atoms. The lowest BCUT2D eigenvalue weighted by Gasteiger charge is -2.31. The van der Waals surface area contributed by atoms with E-state index >= 15 is 0 Å². The second-order valence-electron chi connectivity index (χ2n) is 8.29. The molecule has 2 aromatic heterocycles. The van der Waals surface area contributed by atoms with Gasteiger partial charge in [-0.3, -0.25) is 18.9 Å². The van der Waals surface area contributed by atoms with Crippen molar-refractivity contribution in [2.24, 2.45) is 5.92 Å². The first-order valence-corrected chi connectivity index (χ1v) is 10.7. The number of benzene rings is 1. The summed E-state index contributed by atoms with van der Waals surface area (Å²) in [4.78, 5) is 32.3. The summed E-state index contributed by atoms with van der Waals surface area (Å²) in [5.41, 5.74) is 3.07. The second-order valence-corrected chi connectivity index (χ2v) is 8.29. The van der Waals surface area contributed by atoms with E-state index in [0.29, 0.717) is 42.5 Å². The molecule has 0 aliphatic carbocycles. The molecule has 0 amide bonds. The van der Waals surface area contributed by atoms with Crippen molar-refractivity contribution in [3.63, 3.8) is 0 Å². The number of hydrogen-bond donors (Lipinski definition) is 0. The van der Waals surface area contributed by atoms with Crippen LogP contribution in [0.5, 0.6) is 11.5 Å². The van der Waals surface area contributed by atoms with Crippen LogP contribution in [-0.4, -0.2) is 46.4 Å². The highest BCUT2D eigenvalue weighted by Gasteiger charge is 2.27. The molecule has 4 heterocycles. The normalized spacial score (nSPS) is 17.1. The van der Waals surface area contributed by atoms with Crippen molar-refractivity contribution in [2.75, 3.05) is 26.3 Å². The molecule has 160 valence electrons. The third-order valence-corrected chi connectivity index (χ3v) is 6.03. The van der Waals surface area contributed by atoms with Gasteiger partial charge in [-0.25, -0.2) is 4.98 Å². The van der Waals surface area contributed by atoms with E-state index in [4.69, 9.17) is 9.47 Å². The molecule has 7 nitrogen and oxygen atoms in total. The lowest BCUT2D eigenvalue weighted by atomic mass is 9.88. The van der Waals surface area contributed by atoms with Gasteiger partial charge in [-0.05, 0) is 62.7 Å². The summed E-state index contributed by atoms with van der Waals surface area (Å²) < 4.78 is 12.7. The van der Waals surface area contributed by atoms with Gasteiger partial charge in [0, 0.05) is 30.3 Å². The molecular weight excluding hydrogens is 394 g/mol. The van der Waals surface area contributed by atoms with Gasteiger partial charge < -0.3 is 9.47 Å². The number of nitrogens with zero attached hydrogens (tertiary/aromatic N) is 3. The Morgan fingerprint density at radius 1 is 1.06 bits per heavy atom. The number of carbonyl (C=O) groups is 1. The van der Waals surface area contributed by atoms with Crippen molar-refractivity contribution in [3.05, 3.63) is 69.8 Å². The Morgan fingerprint density at radius 3 is 2.65 bits per heavy atom. The van der Waals surface area contributed by atoms with Crippen LogP contribution >= 0.6 is 0 Å². The standard InChI is InChI=1S/C24H25N3O4/c1-16-2-5-22-25-19(13-23(28)27(22)14-16)15-26-8-6-17(7-9-26)24(29)18-3-4-20-21(12-18)31-11-10-30-20/h2-5,12-14,17H,6-11,15H2,1H3. The van der Waals surface area contributed by atoms with Crippen LogP contribution in [0, 0.1) is 12.8 Å². The number of piperidine rings is 1. The smallest absolute Gasteiger partial charge is 0.258 e. The fourth-order valence-electron chi connectivity index (χ4n) is 4.35. The van der Waals surface area contributed by atoms with Crippen LogP contribution in [0.3, 0.4) is 0 Å². The molecule has 0 unspecified atom stereocenters. The molecule has 1 saturated heterocycles. The summed E-state index contributed by atoms with van der Waals surface area (Å²) in [6, 6.07) is 10.9. The number of carbonyl (C=O) groups excluding carboxylic acids is 1. The van der Waals surface area contributed by atoms with Crippen LogP contribution in [0.1, 0.15) is 34.5 Å². The number of fused-ring (bicyclic) bond motifs is 2. The fourth-order valence-corrected chi connectivity index (χ4v) is 4.35. The highest BCUT2D eigenvalue weighted by atomic mass is 16.6. The van der Waals surface area contributed by atoms with Crippen LogP contribution in [0.2, 0.25) is 0 Å². The van der Waals surface area contributed by atoms with Crippen molar-refractivity contribution in [3.8, 4) is 11.5 Å². The molecule has 2 aliphatic heterocycles. The number of ether oxygens (including phenoxy) is 2. The minimum absolute atomic E-state index is 0.00280. The van der Waals surface area contributed by atoms with E-state index in [2.05, 4.69) is 9.88 Å². The van der Waals surface area contributed by atoms with E-state index in [0.717, 1.165) is 37.2 Å². The van der Waals surface area contributed by atoms with E-state index in [-0.39, 0.29) is 17.3 Å². The van der Waals surface area contributed by atoms with Crippen molar-refractivity contribution < 1.29 is 14.3 Å². The van der Waals surface area contributed by atoms with Crippen molar-refractivity contribution in [1.29, 1.82) is 0 Å². The SMILES string of the molecule is Cc1ccc2nc(CN3CCC(C(=O)c4ccc5c(c4)OCCO5)CC3)cc(=O)n2c1. The van der Waals surface area contributed by atoms with Crippen molar-refractivity contribution in [1.82, 2.24) is 14.3 Å². The molecule has 3 aromatic rings. The van der Waals surface area contributed by atoms with Gasteiger partial charge in [0.1, 0.15) is 18.9 Å². The Morgan fingerprint density at radius 2 is 1.84 bits per heavy atom. The molecule has 1 aromatic carbocycles. The third-order valence-electron chi connectivity index (χ3n) is 6.03. The van der Waals surface area contributed by atoms with Crippen LogP contribution in [0.15, 0.2) is 47.4 Å². The monoisotopic (exact) mass is 419 g/mol. The quantitative estimate of drug-likeness (QED) is 0.606. The average Bonchev–Trinajstić information content (AvgIpc) is 2.79. The van der Waals surface area contributed by atoms with Gasteiger partial charge in [0.05, 0.1) is 5.69 Å². The number of Topliss-reactive ketones (excluding diaryl/α,β-unsaturated/α-hetero) is 1. The molecule has 31 heavy (non-hydrogen) atoms. The minimum atomic E-state index is -0.0626. The Bertz CT molecular complexity index is 1200. The second kappa shape index (κ2) is 8.15. The molecule has 0 radical (unpaired) electrons. The predicted octanol–water partition coefficient (Wildman–Crippen LogP) is 2.87. The number of pyridine rings is 1. The number of likely N-dealkylation sites (tertiary alicyclic amines) is 1. The molecule has 1 fully saturated rings. The molecule has 0 N–H and O–H groups in total. The summed E-state index contributed by atoms with van der Waals surface area (Å²) in [5.74, 6) is 1.51. The molecule has 0 spiro atoms. The lowest BCUT2D eigenvalue weighted by molar-refractivity contribution is 0.0833. The van der Waals surface area contributed by atoms with Gasteiger partial charge in [0.25, 0.3) is 5.56 Å². The maximum absolute atomic E-state index is 13.0. The minimum Gasteiger partial charge on any atom is -0.486 e. The first kappa shape index (κ1) is 19.8. The van der Waals surface area contributed by atoms with Crippen molar-refractivity contribution in [2.45, 2.75) is 26.3 Å². The Balaban J connectivity index is 1.23. The van der Waals surface area contributed by atoms with Gasteiger partial charge in [-0.15, -0.1) is 0 Å². The largest absolute Gasteiger partial charge is 0.486 e. The summed E-state index contributed by atoms with van der Waals surface area (Å²) in [7, 11) is 0. The van der Waals surface area contributed by atoms with E-state index in [1.54, 1.807) is 16.5 Å². The number of hydrogen-bond acceptors (Lipinski definition) is 6. The van der Waals surface area contributed by atoms with E-state index in [1.807, 2.05) is 37.4 Å². The van der Waals surface area contributed by atoms with Gasteiger partial charge in [0.15, 0.2) is 17.3 Å². The van der Waals surface area contributed by atoms with Gasteiger partial charge in [-0.1, -0.05) is 6.07 Å². The number of aromatic nitrogens is 2. The Hall–Kier alpha value is -3.19. The average molecular weight is 419 g/mol. The van der Waals surface area contributed by atoms with Gasteiger partial charge in [0.2, 0.25) is 0 Å². The molecule has 7 heteroatoms. The molecule has 0 atom stereocenters. The van der Waals surface area contributed by atoms with Crippen molar-refractivity contribution >= 4 is 11.4 Å². The van der Waals surface area contributed by atoms with Crippen LogP contribution < -0.4 is 15.0 Å². The first-order valence-electron chi connectivity index (χ1n) is 10.7. The van der Waals surface area contributed by atoms with Gasteiger partial charge in [-0.2, -0.15) is 0 Å². The van der Waals surface area contributed by atoms with Crippen LogP contribution in [0.25, 0.3) is 5.65 Å². The zero-order chi connectivity index (χ0) is 21.4. The van der Waals surface area contributed by atoms with E-state index in [9.17, 15) is 9.59 Å². The molecule has 2 aliphatic rings.